The molecule has 2 N–H and O–H groups in total. The number of pyridine rings is 1. The highest BCUT2D eigenvalue weighted by atomic mass is 35.5. The summed E-state index contributed by atoms with van der Waals surface area (Å²) in [5.41, 5.74) is 0.631. The second-order valence-corrected chi connectivity index (χ2v) is 2.74. The maximum absolute atomic E-state index is 11.0. The Labute approximate surface area is 81.3 Å². The van der Waals surface area contributed by atoms with Crippen LogP contribution in [0, 0.1) is 0 Å². The predicted octanol–water partition coefficient (Wildman–Crippen LogP) is 1.88. The van der Waals surface area contributed by atoms with Crippen molar-refractivity contribution in [2.45, 2.75) is 6.92 Å². The molecule has 1 heterocycles. The second kappa shape index (κ2) is 4.67. The van der Waals surface area contributed by atoms with Gasteiger partial charge in [-0.05, 0) is 19.1 Å². The maximum Gasteiger partial charge on any atom is 0.319 e. The molecule has 13 heavy (non-hydrogen) atoms. The Morgan fingerprint density at radius 1 is 1.69 bits per heavy atom. The molecule has 0 fully saturated rings. The van der Waals surface area contributed by atoms with E-state index < -0.39 is 0 Å². The summed E-state index contributed by atoms with van der Waals surface area (Å²) in [6.45, 7) is 2.43. The Morgan fingerprint density at radius 3 is 3.08 bits per heavy atom. The number of anilines is 1. The lowest BCUT2D eigenvalue weighted by Crippen LogP contribution is -2.28. The molecule has 0 aliphatic carbocycles. The number of carbonyl (C=O) groups is 1. The van der Waals surface area contributed by atoms with Gasteiger partial charge in [-0.25, -0.2) is 9.78 Å². The molecule has 0 aliphatic rings. The molecule has 0 spiro atoms. The number of urea groups is 1. The fourth-order valence-electron chi connectivity index (χ4n) is 0.816. The first-order chi connectivity index (χ1) is 6.22. The van der Waals surface area contributed by atoms with Gasteiger partial charge in [-0.15, -0.1) is 0 Å². The number of halogens is 1. The van der Waals surface area contributed by atoms with Crippen LogP contribution in [-0.4, -0.2) is 17.6 Å². The average molecular weight is 200 g/mol. The number of hydrogen-bond donors (Lipinski definition) is 2. The summed E-state index contributed by atoms with van der Waals surface area (Å²) < 4.78 is 0. The third-order valence-electron chi connectivity index (χ3n) is 1.32. The van der Waals surface area contributed by atoms with Crippen molar-refractivity contribution in [1.29, 1.82) is 0 Å². The summed E-state index contributed by atoms with van der Waals surface area (Å²) in [5, 5.41) is 5.56. The zero-order chi connectivity index (χ0) is 9.68. The minimum atomic E-state index is -0.246. The predicted molar refractivity (Wildman–Crippen MR) is 51.9 cm³/mol. The van der Waals surface area contributed by atoms with Gasteiger partial charge in [0.25, 0.3) is 0 Å². The molecule has 70 valence electrons. The molecule has 0 saturated heterocycles. The van der Waals surface area contributed by atoms with Crippen LogP contribution in [0.5, 0.6) is 0 Å². The fraction of sp³-hybridized carbons (Fsp3) is 0.250. The van der Waals surface area contributed by atoms with Gasteiger partial charge >= 0.3 is 6.03 Å². The van der Waals surface area contributed by atoms with E-state index in [0.29, 0.717) is 17.4 Å². The lowest BCUT2D eigenvalue weighted by Gasteiger charge is -2.04. The van der Waals surface area contributed by atoms with E-state index in [2.05, 4.69) is 15.6 Å². The van der Waals surface area contributed by atoms with Crippen LogP contribution in [0.3, 0.4) is 0 Å². The molecular formula is C8H10ClN3O. The van der Waals surface area contributed by atoms with Crippen molar-refractivity contribution in [3.05, 3.63) is 23.5 Å². The summed E-state index contributed by atoms with van der Waals surface area (Å²) in [5.74, 6) is 0. The lowest BCUT2D eigenvalue weighted by atomic mass is 10.4. The van der Waals surface area contributed by atoms with Crippen molar-refractivity contribution >= 4 is 23.3 Å². The highest BCUT2D eigenvalue weighted by Crippen LogP contribution is 2.11. The van der Waals surface area contributed by atoms with Crippen molar-refractivity contribution in [2.24, 2.45) is 0 Å². The van der Waals surface area contributed by atoms with Crippen LogP contribution >= 0.6 is 11.6 Å². The van der Waals surface area contributed by atoms with E-state index in [9.17, 15) is 4.79 Å². The quantitative estimate of drug-likeness (QED) is 0.715. The summed E-state index contributed by atoms with van der Waals surface area (Å²) in [7, 11) is 0. The van der Waals surface area contributed by atoms with Crippen LogP contribution in [0.15, 0.2) is 18.3 Å². The standard InChI is InChI=1S/C8H10ClN3O/c1-2-10-8(13)12-6-3-4-11-7(9)5-6/h3-5H,2H2,1H3,(H2,10,11,12,13). The molecule has 0 atom stereocenters. The molecule has 0 radical (unpaired) electrons. The van der Waals surface area contributed by atoms with Crippen LogP contribution in [0.25, 0.3) is 0 Å². The second-order valence-electron chi connectivity index (χ2n) is 2.35. The van der Waals surface area contributed by atoms with Gasteiger partial charge in [0, 0.05) is 18.4 Å². The van der Waals surface area contributed by atoms with Crippen LogP contribution < -0.4 is 10.6 Å². The van der Waals surface area contributed by atoms with Gasteiger partial charge in [-0.1, -0.05) is 11.6 Å². The monoisotopic (exact) mass is 199 g/mol. The largest absolute Gasteiger partial charge is 0.338 e. The van der Waals surface area contributed by atoms with E-state index in [1.807, 2.05) is 6.92 Å². The van der Waals surface area contributed by atoms with Gasteiger partial charge in [0.1, 0.15) is 5.15 Å². The highest BCUT2D eigenvalue weighted by Gasteiger charge is 1.99. The molecule has 0 aliphatic heterocycles. The van der Waals surface area contributed by atoms with Gasteiger partial charge < -0.3 is 10.6 Å². The molecule has 1 rings (SSSR count). The van der Waals surface area contributed by atoms with Crippen molar-refractivity contribution in [3.63, 3.8) is 0 Å². The Hall–Kier alpha value is -1.29. The highest BCUT2D eigenvalue weighted by molar-refractivity contribution is 6.29. The zero-order valence-electron chi connectivity index (χ0n) is 7.17. The Balaban J connectivity index is 2.58. The molecule has 0 saturated carbocycles. The number of amides is 2. The lowest BCUT2D eigenvalue weighted by molar-refractivity contribution is 0.252. The topological polar surface area (TPSA) is 54.0 Å². The Kier molecular flexibility index (Phi) is 3.52. The van der Waals surface area contributed by atoms with Gasteiger partial charge in [0.05, 0.1) is 0 Å². The van der Waals surface area contributed by atoms with Gasteiger partial charge in [0.15, 0.2) is 0 Å². The zero-order valence-corrected chi connectivity index (χ0v) is 7.93. The number of nitrogens with zero attached hydrogens (tertiary/aromatic N) is 1. The van der Waals surface area contributed by atoms with E-state index in [-0.39, 0.29) is 6.03 Å². The van der Waals surface area contributed by atoms with Crippen LogP contribution in [0.1, 0.15) is 6.92 Å². The molecular weight excluding hydrogens is 190 g/mol. The molecule has 0 unspecified atom stereocenters. The van der Waals surface area contributed by atoms with Gasteiger partial charge in [-0.2, -0.15) is 0 Å². The van der Waals surface area contributed by atoms with E-state index in [4.69, 9.17) is 11.6 Å². The molecule has 5 heteroatoms. The number of nitrogens with one attached hydrogen (secondary N) is 2. The van der Waals surface area contributed by atoms with Crippen LogP contribution in [0.2, 0.25) is 5.15 Å². The first-order valence-electron chi connectivity index (χ1n) is 3.88. The SMILES string of the molecule is CCNC(=O)Nc1ccnc(Cl)c1. The fourth-order valence-corrected chi connectivity index (χ4v) is 0.990. The molecule has 4 nitrogen and oxygen atoms in total. The van der Waals surface area contributed by atoms with E-state index in [1.165, 1.54) is 6.20 Å². The van der Waals surface area contributed by atoms with E-state index >= 15 is 0 Å². The van der Waals surface area contributed by atoms with Gasteiger partial charge in [-0.3, -0.25) is 0 Å². The van der Waals surface area contributed by atoms with Crippen molar-refractivity contribution in [1.82, 2.24) is 10.3 Å². The number of hydrogen-bond acceptors (Lipinski definition) is 2. The Bertz CT molecular complexity index is 303. The van der Waals surface area contributed by atoms with Crippen molar-refractivity contribution in [3.8, 4) is 0 Å². The summed E-state index contributed by atoms with van der Waals surface area (Å²) >= 11 is 5.62. The third-order valence-corrected chi connectivity index (χ3v) is 1.53. The number of carbonyl (C=O) groups excluding carboxylic acids is 1. The minimum Gasteiger partial charge on any atom is -0.338 e. The summed E-state index contributed by atoms with van der Waals surface area (Å²) in [6.07, 6.45) is 1.53. The normalized spacial score (nSPS) is 9.38. The van der Waals surface area contributed by atoms with Gasteiger partial charge in [0.2, 0.25) is 0 Å². The molecule has 1 aromatic heterocycles. The van der Waals surface area contributed by atoms with Crippen molar-refractivity contribution in [2.75, 3.05) is 11.9 Å². The Morgan fingerprint density at radius 2 is 2.46 bits per heavy atom. The third kappa shape index (κ3) is 3.29. The smallest absolute Gasteiger partial charge is 0.319 e. The van der Waals surface area contributed by atoms with E-state index in [1.54, 1.807) is 12.1 Å². The number of aromatic nitrogens is 1. The average Bonchev–Trinajstić information content (AvgIpc) is 2.04. The van der Waals surface area contributed by atoms with Crippen LogP contribution in [-0.2, 0) is 0 Å². The minimum absolute atomic E-state index is 0.246. The molecule has 0 bridgehead atoms. The summed E-state index contributed by atoms with van der Waals surface area (Å²) in [4.78, 5) is 14.8. The molecule has 2 amide bonds. The molecule has 0 aromatic carbocycles. The number of rotatable bonds is 2. The first kappa shape index (κ1) is 9.80. The van der Waals surface area contributed by atoms with Crippen LogP contribution in [0.4, 0.5) is 10.5 Å². The summed E-state index contributed by atoms with van der Waals surface area (Å²) in [6, 6.07) is 3.00. The first-order valence-corrected chi connectivity index (χ1v) is 4.26. The molecule has 1 aromatic rings. The maximum atomic E-state index is 11.0. The van der Waals surface area contributed by atoms with Crippen molar-refractivity contribution < 1.29 is 4.79 Å². The van der Waals surface area contributed by atoms with E-state index in [0.717, 1.165) is 0 Å².